The molecule has 2 aromatic rings. The fraction of sp³-hybridized carbons (Fsp3) is 0.312. The van der Waals surface area contributed by atoms with Crippen LogP contribution in [0.25, 0.3) is 0 Å². The van der Waals surface area contributed by atoms with E-state index in [1.807, 2.05) is 0 Å². The molecule has 0 aliphatic carbocycles. The highest BCUT2D eigenvalue weighted by atomic mass is 32.2. The van der Waals surface area contributed by atoms with Crippen molar-refractivity contribution in [2.45, 2.75) is 23.2 Å². The highest BCUT2D eigenvalue weighted by Crippen LogP contribution is 2.30. The van der Waals surface area contributed by atoms with Crippen molar-refractivity contribution in [3.05, 3.63) is 48.4 Å². The van der Waals surface area contributed by atoms with E-state index in [0.29, 0.717) is 42.7 Å². The van der Waals surface area contributed by atoms with Gasteiger partial charge < -0.3 is 9.64 Å². The Bertz CT molecular complexity index is 703. The van der Waals surface area contributed by atoms with Crippen molar-refractivity contribution >= 4 is 17.7 Å². The summed E-state index contributed by atoms with van der Waals surface area (Å²) in [5.41, 5.74) is 0.297. The molecule has 1 aromatic carbocycles. The zero-order chi connectivity index (χ0) is 16.9. The molecule has 1 fully saturated rings. The summed E-state index contributed by atoms with van der Waals surface area (Å²) >= 11 is 0.387. The van der Waals surface area contributed by atoms with Crippen molar-refractivity contribution in [2.24, 2.45) is 0 Å². The van der Waals surface area contributed by atoms with Gasteiger partial charge in [0.1, 0.15) is 12.4 Å². The molecule has 0 N–H and O–H groups in total. The Labute approximate surface area is 142 Å². The lowest BCUT2D eigenvalue weighted by molar-refractivity contribution is 0.0767. The summed E-state index contributed by atoms with van der Waals surface area (Å²) in [5, 5.41) is 0. The number of ether oxygens (including phenoxy) is 1. The highest BCUT2D eigenvalue weighted by Gasteiger charge is 2.30. The van der Waals surface area contributed by atoms with E-state index < -0.39 is 5.76 Å². The molecule has 0 saturated carbocycles. The van der Waals surface area contributed by atoms with Crippen LogP contribution in [-0.4, -0.2) is 45.7 Å². The second-order valence-electron chi connectivity index (χ2n) is 5.20. The van der Waals surface area contributed by atoms with Gasteiger partial charge >= 0.3 is 0 Å². The number of carbonyl (C=O) groups excluding carboxylic acids is 1. The maximum absolute atomic E-state index is 12.7. The number of aromatic nitrogens is 2. The number of halogens is 2. The molecule has 3 rings (SSSR count). The molecule has 5 nitrogen and oxygen atoms in total. The summed E-state index contributed by atoms with van der Waals surface area (Å²) in [6.45, 7) is 0.915. The summed E-state index contributed by atoms with van der Waals surface area (Å²) < 4.78 is 31.0. The highest BCUT2D eigenvalue weighted by molar-refractivity contribution is 7.99. The third-order valence-corrected chi connectivity index (χ3v) is 4.40. The Morgan fingerprint density at radius 2 is 2.17 bits per heavy atom. The van der Waals surface area contributed by atoms with E-state index in [1.165, 1.54) is 12.4 Å². The zero-order valence-electron chi connectivity index (χ0n) is 12.6. The third kappa shape index (κ3) is 4.00. The number of thioether (sulfide) groups is 1. The predicted octanol–water partition coefficient (Wildman–Crippen LogP) is 3.08. The maximum atomic E-state index is 12.7. The second-order valence-corrected chi connectivity index (χ2v) is 6.23. The summed E-state index contributed by atoms with van der Waals surface area (Å²) in [4.78, 5) is 22.4. The molecule has 24 heavy (non-hydrogen) atoms. The lowest BCUT2D eigenvalue weighted by atomic mass is 10.2. The Morgan fingerprint density at radius 3 is 2.92 bits per heavy atom. The van der Waals surface area contributed by atoms with Crippen LogP contribution >= 0.6 is 11.8 Å². The first kappa shape index (κ1) is 16.6. The van der Waals surface area contributed by atoms with E-state index in [0.717, 1.165) is 0 Å². The first-order chi connectivity index (χ1) is 11.6. The topological polar surface area (TPSA) is 55.3 Å². The number of nitrogens with zero attached hydrogens (tertiary/aromatic N) is 3. The van der Waals surface area contributed by atoms with E-state index in [-0.39, 0.29) is 16.9 Å². The smallest absolute Gasteiger partial charge is 0.288 e. The molecule has 0 bridgehead atoms. The number of likely N-dealkylation sites (tertiary alicyclic amines) is 1. The van der Waals surface area contributed by atoms with Crippen molar-refractivity contribution in [3.8, 4) is 5.88 Å². The quantitative estimate of drug-likeness (QED) is 0.775. The van der Waals surface area contributed by atoms with E-state index in [2.05, 4.69) is 9.97 Å². The predicted molar refractivity (Wildman–Crippen MR) is 85.3 cm³/mol. The molecule has 8 heteroatoms. The van der Waals surface area contributed by atoms with Crippen molar-refractivity contribution in [3.63, 3.8) is 0 Å². The minimum Gasteiger partial charge on any atom is -0.472 e. The van der Waals surface area contributed by atoms with E-state index in [4.69, 9.17) is 4.74 Å². The Balaban J connectivity index is 1.66. The van der Waals surface area contributed by atoms with E-state index in [1.54, 1.807) is 35.4 Å². The van der Waals surface area contributed by atoms with Gasteiger partial charge in [0.05, 0.1) is 12.1 Å². The van der Waals surface area contributed by atoms with Crippen LogP contribution in [0.1, 0.15) is 16.8 Å². The second kappa shape index (κ2) is 7.57. The van der Waals surface area contributed by atoms with Gasteiger partial charge in [-0.3, -0.25) is 4.79 Å². The fourth-order valence-electron chi connectivity index (χ4n) is 2.54. The van der Waals surface area contributed by atoms with E-state index >= 15 is 0 Å². The number of rotatable bonds is 5. The number of carbonyl (C=O) groups is 1. The van der Waals surface area contributed by atoms with E-state index in [9.17, 15) is 13.6 Å². The third-order valence-electron chi connectivity index (χ3n) is 3.61. The molecule has 0 spiro atoms. The van der Waals surface area contributed by atoms with Crippen LogP contribution in [0.2, 0.25) is 0 Å². The number of alkyl halides is 2. The van der Waals surface area contributed by atoms with Gasteiger partial charge in [0.2, 0.25) is 5.88 Å². The van der Waals surface area contributed by atoms with Crippen LogP contribution < -0.4 is 4.74 Å². The first-order valence-corrected chi connectivity index (χ1v) is 8.27. The number of benzene rings is 1. The van der Waals surface area contributed by atoms with Gasteiger partial charge in [-0.25, -0.2) is 9.97 Å². The summed E-state index contributed by atoms with van der Waals surface area (Å²) in [7, 11) is 0. The molecule has 1 aromatic heterocycles. The minimum atomic E-state index is -2.56. The number of hydrogen-bond acceptors (Lipinski definition) is 5. The Kier molecular flexibility index (Phi) is 5.24. The fourth-order valence-corrected chi connectivity index (χ4v) is 3.17. The monoisotopic (exact) mass is 351 g/mol. The minimum absolute atomic E-state index is 0.168. The lowest BCUT2D eigenvalue weighted by Gasteiger charge is -2.18. The summed E-state index contributed by atoms with van der Waals surface area (Å²) in [6, 6.07) is 8.08. The average Bonchev–Trinajstić information content (AvgIpc) is 3.03. The number of hydrogen-bond donors (Lipinski definition) is 0. The Hall–Kier alpha value is -2.22. The zero-order valence-corrected chi connectivity index (χ0v) is 13.5. The van der Waals surface area contributed by atoms with Gasteiger partial charge in [0, 0.05) is 30.1 Å². The molecule has 2 heterocycles. The van der Waals surface area contributed by atoms with Crippen LogP contribution in [0.15, 0.2) is 47.8 Å². The van der Waals surface area contributed by atoms with Gasteiger partial charge in [-0.1, -0.05) is 23.9 Å². The molecule has 0 unspecified atom stereocenters. The van der Waals surface area contributed by atoms with Gasteiger partial charge in [-0.05, 0) is 12.1 Å². The van der Waals surface area contributed by atoms with Crippen LogP contribution in [0.4, 0.5) is 8.78 Å². The summed E-state index contributed by atoms with van der Waals surface area (Å²) in [6.07, 6.45) is 3.47. The van der Waals surface area contributed by atoms with Gasteiger partial charge in [0.25, 0.3) is 11.7 Å². The Morgan fingerprint density at radius 1 is 1.33 bits per heavy atom. The molecule has 1 aliphatic rings. The molecule has 1 aliphatic heterocycles. The SMILES string of the molecule is O=C(c1ccccc1SC(F)F)N1CC[C@@H](Oc2ccncn2)C1. The van der Waals surface area contributed by atoms with Crippen molar-refractivity contribution in [1.29, 1.82) is 0 Å². The molecule has 126 valence electrons. The molecule has 1 saturated heterocycles. The molecular weight excluding hydrogens is 336 g/mol. The van der Waals surface area contributed by atoms with Gasteiger partial charge in [-0.15, -0.1) is 0 Å². The summed E-state index contributed by atoms with van der Waals surface area (Å²) in [5.74, 6) is -2.36. The van der Waals surface area contributed by atoms with Crippen molar-refractivity contribution in [2.75, 3.05) is 13.1 Å². The largest absolute Gasteiger partial charge is 0.472 e. The maximum Gasteiger partial charge on any atom is 0.288 e. The number of amides is 1. The average molecular weight is 351 g/mol. The van der Waals surface area contributed by atoms with Gasteiger partial charge in [-0.2, -0.15) is 8.78 Å². The van der Waals surface area contributed by atoms with Gasteiger partial charge in [0.15, 0.2) is 0 Å². The van der Waals surface area contributed by atoms with Crippen LogP contribution in [0.5, 0.6) is 5.88 Å². The van der Waals surface area contributed by atoms with Crippen molar-refractivity contribution in [1.82, 2.24) is 14.9 Å². The van der Waals surface area contributed by atoms with Crippen LogP contribution in [0.3, 0.4) is 0 Å². The van der Waals surface area contributed by atoms with Crippen LogP contribution in [-0.2, 0) is 0 Å². The van der Waals surface area contributed by atoms with Crippen LogP contribution in [0, 0.1) is 0 Å². The molecular formula is C16H15F2N3O2S. The molecule has 1 amide bonds. The lowest BCUT2D eigenvalue weighted by Crippen LogP contribution is -2.31. The normalized spacial score (nSPS) is 17.3. The first-order valence-electron chi connectivity index (χ1n) is 7.39. The molecule has 0 radical (unpaired) electrons. The molecule has 1 atom stereocenters. The standard InChI is InChI=1S/C16H15F2N3O2S/c17-16(18)24-13-4-2-1-3-12(13)15(22)21-8-6-11(9-21)23-14-5-7-19-10-20-14/h1-5,7,10-11,16H,6,8-9H2/t11-/m1/s1. The van der Waals surface area contributed by atoms with Crippen molar-refractivity contribution < 1.29 is 18.3 Å².